The highest BCUT2D eigenvalue weighted by atomic mass is 14.9. The van der Waals surface area contributed by atoms with Crippen molar-refractivity contribution in [2.75, 3.05) is 0 Å². The Morgan fingerprint density at radius 1 is 1.71 bits per heavy atom. The maximum atomic E-state index is 3.17. The lowest BCUT2D eigenvalue weighted by molar-refractivity contribution is 0.591. The zero-order valence-corrected chi connectivity index (χ0v) is 5.36. The summed E-state index contributed by atoms with van der Waals surface area (Å²) < 4.78 is 0. The summed E-state index contributed by atoms with van der Waals surface area (Å²) in [5, 5.41) is 3.17. The number of rotatable bonds is 3. The average Bonchev–Trinajstić information content (AvgIpc) is 1.68. The Kier molecular flexibility index (Phi) is 4.10. The smallest absolute Gasteiger partial charge is 0.0192 e. The molecule has 0 saturated carbocycles. The maximum absolute atomic E-state index is 3.17. The second kappa shape index (κ2) is 4.13. The molecule has 0 spiro atoms. The molecule has 0 rings (SSSR count). The zero-order valence-electron chi connectivity index (χ0n) is 5.36. The fraction of sp³-hybridized carbons (Fsp3) is 0.833. The Labute approximate surface area is 46.1 Å². The fourth-order valence-electron chi connectivity index (χ4n) is 0.402. The van der Waals surface area contributed by atoms with Gasteiger partial charge in [-0.1, -0.05) is 6.92 Å². The molecule has 0 bridgehead atoms. The first-order valence-corrected chi connectivity index (χ1v) is 2.85. The summed E-state index contributed by atoms with van der Waals surface area (Å²) in [6.45, 7) is 8.32. The lowest BCUT2D eigenvalue weighted by Crippen LogP contribution is -2.20. The van der Waals surface area contributed by atoms with E-state index in [0.717, 1.165) is 0 Å². The highest BCUT2D eigenvalue weighted by molar-refractivity contribution is 4.60. The first-order chi connectivity index (χ1) is 3.31. The van der Waals surface area contributed by atoms with E-state index < -0.39 is 0 Å². The molecule has 43 valence electrons. The Bertz CT molecular complexity index is 35.2. The molecule has 0 saturated heterocycles. The van der Waals surface area contributed by atoms with Crippen LogP contribution in [0.25, 0.3) is 0 Å². The molecule has 0 amide bonds. The van der Waals surface area contributed by atoms with E-state index in [0.29, 0.717) is 6.04 Å². The Hall–Kier alpha value is -0.0400. The molecule has 1 N–H and O–H groups in total. The summed E-state index contributed by atoms with van der Waals surface area (Å²) >= 11 is 0. The van der Waals surface area contributed by atoms with Crippen LogP contribution in [-0.4, -0.2) is 6.04 Å². The third-order valence-electron chi connectivity index (χ3n) is 1.06. The minimum Gasteiger partial charge on any atom is -0.310 e. The van der Waals surface area contributed by atoms with Crippen LogP contribution in [0.4, 0.5) is 0 Å². The molecule has 0 aliphatic rings. The van der Waals surface area contributed by atoms with E-state index in [1.54, 1.807) is 0 Å². The average molecular weight is 100 g/mol. The molecule has 0 aliphatic heterocycles. The van der Waals surface area contributed by atoms with Gasteiger partial charge in [-0.3, -0.25) is 0 Å². The molecule has 1 nitrogen and oxygen atoms in total. The van der Waals surface area contributed by atoms with Crippen LogP contribution in [0.2, 0.25) is 0 Å². The molecule has 1 radical (unpaired) electrons. The van der Waals surface area contributed by atoms with Gasteiger partial charge >= 0.3 is 0 Å². The second-order valence-electron chi connectivity index (χ2n) is 1.76. The van der Waals surface area contributed by atoms with Gasteiger partial charge in [0.05, 0.1) is 0 Å². The molecule has 1 heteroatoms. The van der Waals surface area contributed by atoms with E-state index in [9.17, 15) is 0 Å². The van der Waals surface area contributed by atoms with Gasteiger partial charge in [0.15, 0.2) is 0 Å². The van der Waals surface area contributed by atoms with Gasteiger partial charge in [0, 0.05) is 12.6 Å². The number of hydrogen-bond donors (Lipinski definition) is 1. The van der Waals surface area contributed by atoms with Crippen LogP contribution < -0.4 is 5.32 Å². The van der Waals surface area contributed by atoms with E-state index in [1.807, 2.05) is 13.5 Å². The zero-order chi connectivity index (χ0) is 5.70. The fourth-order valence-corrected chi connectivity index (χ4v) is 0.402. The van der Waals surface area contributed by atoms with E-state index in [4.69, 9.17) is 0 Å². The van der Waals surface area contributed by atoms with Crippen molar-refractivity contribution >= 4 is 0 Å². The molecule has 0 heterocycles. The highest BCUT2D eigenvalue weighted by Crippen LogP contribution is 1.86. The van der Waals surface area contributed by atoms with E-state index in [1.165, 1.54) is 6.42 Å². The topological polar surface area (TPSA) is 12.0 Å². The van der Waals surface area contributed by atoms with Crippen LogP contribution >= 0.6 is 0 Å². The van der Waals surface area contributed by atoms with Crippen molar-refractivity contribution in [1.82, 2.24) is 5.32 Å². The van der Waals surface area contributed by atoms with Crippen LogP contribution in [-0.2, 0) is 0 Å². The first-order valence-electron chi connectivity index (χ1n) is 2.85. The van der Waals surface area contributed by atoms with E-state index >= 15 is 0 Å². The molecule has 0 aliphatic carbocycles. The monoisotopic (exact) mass is 100 g/mol. The van der Waals surface area contributed by atoms with Crippen LogP contribution in [0.1, 0.15) is 27.2 Å². The van der Waals surface area contributed by atoms with Crippen molar-refractivity contribution in [3.8, 4) is 0 Å². The molecule has 0 aromatic rings. The molecular formula is C6H14N. The quantitative estimate of drug-likeness (QED) is 0.567. The SMILES string of the molecule is C[CH]NC(C)CC. The summed E-state index contributed by atoms with van der Waals surface area (Å²) in [5.74, 6) is 0. The van der Waals surface area contributed by atoms with Crippen molar-refractivity contribution in [3.05, 3.63) is 6.54 Å². The molecule has 1 unspecified atom stereocenters. The summed E-state index contributed by atoms with van der Waals surface area (Å²) in [6.07, 6.45) is 1.20. The van der Waals surface area contributed by atoms with Crippen LogP contribution in [0.5, 0.6) is 0 Å². The Morgan fingerprint density at radius 3 is 2.43 bits per heavy atom. The molecule has 0 fully saturated rings. The van der Waals surface area contributed by atoms with Crippen molar-refractivity contribution in [2.45, 2.75) is 33.2 Å². The van der Waals surface area contributed by atoms with Gasteiger partial charge < -0.3 is 5.32 Å². The predicted molar refractivity (Wildman–Crippen MR) is 32.9 cm³/mol. The van der Waals surface area contributed by atoms with E-state index in [2.05, 4.69) is 19.2 Å². The van der Waals surface area contributed by atoms with Gasteiger partial charge in [0.2, 0.25) is 0 Å². The predicted octanol–water partition coefficient (Wildman–Crippen LogP) is 1.56. The largest absolute Gasteiger partial charge is 0.310 e. The second-order valence-corrected chi connectivity index (χ2v) is 1.76. The van der Waals surface area contributed by atoms with Crippen LogP contribution in [0.3, 0.4) is 0 Å². The third kappa shape index (κ3) is 3.80. The Balaban J connectivity index is 2.83. The van der Waals surface area contributed by atoms with Gasteiger partial charge in [-0.25, -0.2) is 0 Å². The van der Waals surface area contributed by atoms with Gasteiger partial charge in [-0.2, -0.15) is 0 Å². The van der Waals surface area contributed by atoms with Crippen molar-refractivity contribution in [2.24, 2.45) is 0 Å². The van der Waals surface area contributed by atoms with Gasteiger partial charge in [0.1, 0.15) is 0 Å². The summed E-state index contributed by atoms with van der Waals surface area (Å²) in [6, 6.07) is 0.644. The normalized spacial score (nSPS) is 14.1. The maximum Gasteiger partial charge on any atom is 0.0192 e. The molecule has 0 aromatic carbocycles. The molecule has 7 heavy (non-hydrogen) atoms. The molecule has 0 aromatic heterocycles. The van der Waals surface area contributed by atoms with Gasteiger partial charge in [-0.05, 0) is 20.3 Å². The standard InChI is InChI=1S/C6H14N/c1-4-6(3)7-5-2/h5-7H,4H2,1-3H3. The highest BCUT2D eigenvalue weighted by Gasteiger charge is 1.90. The van der Waals surface area contributed by atoms with Gasteiger partial charge in [0.25, 0.3) is 0 Å². The summed E-state index contributed by atoms with van der Waals surface area (Å²) in [7, 11) is 0. The minimum atomic E-state index is 0.644. The van der Waals surface area contributed by atoms with Crippen LogP contribution in [0.15, 0.2) is 0 Å². The summed E-state index contributed by atoms with van der Waals surface area (Å²) in [5.41, 5.74) is 0. The first kappa shape index (κ1) is 6.96. The number of nitrogens with one attached hydrogen (secondary N) is 1. The lowest BCUT2D eigenvalue weighted by Gasteiger charge is -2.05. The summed E-state index contributed by atoms with van der Waals surface area (Å²) in [4.78, 5) is 0. The van der Waals surface area contributed by atoms with E-state index in [-0.39, 0.29) is 0 Å². The van der Waals surface area contributed by atoms with Crippen LogP contribution in [0, 0.1) is 6.54 Å². The molecule has 1 atom stereocenters. The van der Waals surface area contributed by atoms with Gasteiger partial charge in [-0.15, -0.1) is 0 Å². The third-order valence-corrected chi connectivity index (χ3v) is 1.06. The van der Waals surface area contributed by atoms with Crippen molar-refractivity contribution < 1.29 is 0 Å². The Morgan fingerprint density at radius 2 is 2.29 bits per heavy atom. The van der Waals surface area contributed by atoms with Crippen molar-refractivity contribution in [3.63, 3.8) is 0 Å². The molecular weight excluding hydrogens is 86.1 g/mol. The minimum absolute atomic E-state index is 0.644. The van der Waals surface area contributed by atoms with Crippen molar-refractivity contribution in [1.29, 1.82) is 0 Å². The number of hydrogen-bond acceptors (Lipinski definition) is 1. The lowest BCUT2D eigenvalue weighted by atomic mass is 10.3.